The second-order valence-electron chi connectivity index (χ2n) is 3.90. The molecule has 7 nitrogen and oxygen atoms in total. The van der Waals surface area contributed by atoms with Crippen LogP contribution >= 0.6 is 0 Å². The Morgan fingerprint density at radius 1 is 1.33 bits per heavy atom. The van der Waals surface area contributed by atoms with E-state index in [0.29, 0.717) is 6.61 Å². The molecule has 0 rings (SSSR count). The van der Waals surface area contributed by atoms with Gasteiger partial charge >= 0.3 is 18.0 Å². The van der Waals surface area contributed by atoms with Crippen LogP contribution in [-0.4, -0.2) is 53.7 Å². The van der Waals surface area contributed by atoms with Crippen LogP contribution in [0.25, 0.3) is 0 Å². The molecule has 0 aromatic rings. The van der Waals surface area contributed by atoms with Gasteiger partial charge in [-0.3, -0.25) is 9.59 Å². The first-order chi connectivity index (χ1) is 8.38. The molecule has 0 unspecified atom stereocenters. The molecule has 0 atom stereocenters. The Morgan fingerprint density at radius 2 is 1.94 bits per heavy atom. The molecule has 0 aliphatic rings. The smallest absolute Gasteiger partial charge is 0.323 e. The van der Waals surface area contributed by atoms with E-state index in [0.717, 1.165) is 0 Å². The molecule has 0 saturated heterocycles. The molecule has 2 N–H and O–H groups in total. The molecular formula is C11H20N2O5. The zero-order chi connectivity index (χ0) is 14.1. The quantitative estimate of drug-likeness (QED) is 0.648. The molecule has 0 aliphatic heterocycles. The van der Waals surface area contributed by atoms with Crippen molar-refractivity contribution in [1.29, 1.82) is 0 Å². The van der Waals surface area contributed by atoms with Gasteiger partial charge < -0.3 is 20.1 Å². The van der Waals surface area contributed by atoms with Gasteiger partial charge in [0.25, 0.3) is 0 Å². The lowest BCUT2D eigenvalue weighted by Gasteiger charge is -2.24. The highest BCUT2D eigenvalue weighted by molar-refractivity contribution is 5.80. The molecule has 0 fully saturated rings. The average molecular weight is 260 g/mol. The van der Waals surface area contributed by atoms with Gasteiger partial charge in [-0.25, -0.2) is 4.79 Å². The SMILES string of the molecule is CCOC(=O)CCNC(=O)N(CC(=O)O)C(C)C. The number of aliphatic carboxylic acids is 1. The summed E-state index contributed by atoms with van der Waals surface area (Å²) >= 11 is 0. The molecule has 0 bridgehead atoms. The summed E-state index contributed by atoms with van der Waals surface area (Å²) in [5.74, 6) is -1.48. The predicted octanol–water partition coefficient (Wildman–Crippen LogP) is 0.444. The summed E-state index contributed by atoms with van der Waals surface area (Å²) in [5, 5.41) is 11.2. The lowest BCUT2D eigenvalue weighted by atomic mass is 10.3. The Labute approximate surface area is 106 Å². The van der Waals surface area contributed by atoms with Crippen LogP contribution < -0.4 is 5.32 Å². The Hall–Kier alpha value is -1.79. The van der Waals surface area contributed by atoms with E-state index < -0.39 is 18.0 Å². The van der Waals surface area contributed by atoms with Gasteiger partial charge in [-0.15, -0.1) is 0 Å². The zero-order valence-corrected chi connectivity index (χ0v) is 10.9. The lowest BCUT2D eigenvalue weighted by molar-refractivity contribution is -0.143. The minimum atomic E-state index is -1.08. The third-order valence-corrected chi connectivity index (χ3v) is 2.10. The molecule has 104 valence electrons. The van der Waals surface area contributed by atoms with Gasteiger partial charge in [-0.05, 0) is 20.8 Å². The molecular weight excluding hydrogens is 240 g/mol. The second kappa shape index (κ2) is 8.32. The molecule has 0 heterocycles. The van der Waals surface area contributed by atoms with Gasteiger partial charge in [0.1, 0.15) is 6.54 Å². The topological polar surface area (TPSA) is 95.9 Å². The standard InChI is InChI=1S/C11H20N2O5/c1-4-18-10(16)5-6-12-11(17)13(8(2)3)7-9(14)15/h8H,4-7H2,1-3H3,(H,12,17)(H,14,15). The fourth-order valence-electron chi connectivity index (χ4n) is 1.24. The summed E-state index contributed by atoms with van der Waals surface area (Å²) in [6, 6.07) is -0.736. The molecule has 7 heteroatoms. The first-order valence-electron chi connectivity index (χ1n) is 5.80. The number of ether oxygens (including phenoxy) is 1. The maximum Gasteiger partial charge on any atom is 0.323 e. The van der Waals surface area contributed by atoms with Crippen molar-refractivity contribution < 1.29 is 24.2 Å². The number of carbonyl (C=O) groups excluding carboxylic acids is 2. The number of rotatable bonds is 7. The van der Waals surface area contributed by atoms with Crippen molar-refractivity contribution in [3.63, 3.8) is 0 Å². The average Bonchev–Trinajstić information content (AvgIpc) is 2.25. The second-order valence-corrected chi connectivity index (χ2v) is 3.90. The van der Waals surface area contributed by atoms with Crippen molar-refractivity contribution in [3.05, 3.63) is 0 Å². The van der Waals surface area contributed by atoms with E-state index in [-0.39, 0.29) is 25.6 Å². The Morgan fingerprint density at radius 3 is 2.39 bits per heavy atom. The zero-order valence-electron chi connectivity index (χ0n) is 10.9. The molecule has 0 aromatic carbocycles. The Bertz CT molecular complexity index is 304. The number of hydrogen-bond acceptors (Lipinski definition) is 4. The predicted molar refractivity (Wildman–Crippen MR) is 64.1 cm³/mol. The van der Waals surface area contributed by atoms with E-state index in [1.807, 2.05) is 0 Å². The molecule has 0 saturated carbocycles. The van der Waals surface area contributed by atoms with Crippen molar-refractivity contribution in [2.45, 2.75) is 33.2 Å². The number of carboxylic acid groups (broad SMARTS) is 1. The number of nitrogens with zero attached hydrogens (tertiary/aromatic N) is 1. The van der Waals surface area contributed by atoms with Gasteiger partial charge in [0.2, 0.25) is 0 Å². The summed E-state index contributed by atoms with van der Waals surface area (Å²) in [6.07, 6.45) is 0.0680. The highest BCUT2D eigenvalue weighted by Crippen LogP contribution is 1.98. The van der Waals surface area contributed by atoms with Crippen LogP contribution in [-0.2, 0) is 14.3 Å². The summed E-state index contributed by atoms with van der Waals surface area (Å²) in [5.41, 5.74) is 0. The van der Waals surface area contributed by atoms with Crippen molar-refractivity contribution in [3.8, 4) is 0 Å². The third kappa shape index (κ3) is 6.72. The van der Waals surface area contributed by atoms with Gasteiger partial charge in [0.05, 0.1) is 13.0 Å². The number of urea groups is 1. The van der Waals surface area contributed by atoms with Crippen LogP contribution in [0.3, 0.4) is 0 Å². The van der Waals surface area contributed by atoms with E-state index in [1.165, 1.54) is 4.90 Å². The van der Waals surface area contributed by atoms with Crippen LogP contribution in [0, 0.1) is 0 Å². The molecule has 2 amide bonds. The lowest BCUT2D eigenvalue weighted by Crippen LogP contribution is -2.46. The fraction of sp³-hybridized carbons (Fsp3) is 0.727. The maximum atomic E-state index is 11.7. The molecule has 0 aromatic heterocycles. The summed E-state index contributed by atoms with van der Waals surface area (Å²) in [6.45, 7) is 5.18. The van der Waals surface area contributed by atoms with E-state index in [2.05, 4.69) is 5.32 Å². The summed E-state index contributed by atoms with van der Waals surface area (Å²) < 4.78 is 4.70. The molecule has 0 radical (unpaired) electrons. The molecule has 18 heavy (non-hydrogen) atoms. The van der Waals surface area contributed by atoms with E-state index in [1.54, 1.807) is 20.8 Å². The van der Waals surface area contributed by atoms with Crippen LogP contribution in [0.15, 0.2) is 0 Å². The van der Waals surface area contributed by atoms with E-state index >= 15 is 0 Å². The largest absolute Gasteiger partial charge is 0.480 e. The Balaban J connectivity index is 4.11. The van der Waals surface area contributed by atoms with Crippen molar-refractivity contribution in [1.82, 2.24) is 10.2 Å². The molecule has 0 spiro atoms. The van der Waals surface area contributed by atoms with Crippen LogP contribution in [0.2, 0.25) is 0 Å². The number of carboxylic acids is 1. The number of carbonyl (C=O) groups is 3. The fourth-order valence-corrected chi connectivity index (χ4v) is 1.24. The highest BCUT2D eigenvalue weighted by atomic mass is 16.5. The Kier molecular flexibility index (Phi) is 7.50. The minimum Gasteiger partial charge on any atom is -0.480 e. The van der Waals surface area contributed by atoms with Gasteiger partial charge in [0.15, 0.2) is 0 Å². The highest BCUT2D eigenvalue weighted by Gasteiger charge is 2.19. The van der Waals surface area contributed by atoms with Crippen LogP contribution in [0.5, 0.6) is 0 Å². The van der Waals surface area contributed by atoms with Crippen LogP contribution in [0.1, 0.15) is 27.2 Å². The number of hydrogen-bond donors (Lipinski definition) is 2. The summed E-state index contributed by atoms with van der Waals surface area (Å²) in [4.78, 5) is 34.4. The van der Waals surface area contributed by atoms with Crippen LogP contribution in [0.4, 0.5) is 4.79 Å². The van der Waals surface area contributed by atoms with E-state index in [4.69, 9.17) is 9.84 Å². The third-order valence-electron chi connectivity index (χ3n) is 2.10. The maximum absolute atomic E-state index is 11.7. The normalized spacial score (nSPS) is 10.0. The monoisotopic (exact) mass is 260 g/mol. The van der Waals surface area contributed by atoms with Crippen molar-refractivity contribution in [2.24, 2.45) is 0 Å². The van der Waals surface area contributed by atoms with E-state index in [9.17, 15) is 14.4 Å². The van der Waals surface area contributed by atoms with Gasteiger partial charge in [0, 0.05) is 12.6 Å². The van der Waals surface area contributed by atoms with Gasteiger partial charge in [-0.2, -0.15) is 0 Å². The van der Waals surface area contributed by atoms with Gasteiger partial charge in [-0.1, -0.05) is 0 Å². The first-order valence-corrected chi connectivity index (χ1v) is 5.80. The molecule has 0 aliphatic carbocycles. The van der Waals surface area contributed by atoms with Crippen molar-refractivity contribution >= 4 is 18.0 Å². The minimum absolute atomic E-state index is 0.0680. The number of amides is 2. The summed E-state index contributed by atoms with van der Waals surface area (Å²) in [7, 11) is 0. The first kappa shape index (κ1) is 16.2. The number of nitrogens with one attached hydrogen (secondary N) is 1. The van der Waals surface area contributed by atoms with Crippen molar-refractivity contribution in [2.75, 3.05) is 19.7 Å². The number of esters is 1.